The minimum absolute atomic E-state index is 0.0201. The number of piperidine rings is 1. The lowest BCUT2D eigenvalue weighted by atomic mass is 10.1. The van der Waals surface area contributed by atoms with E-state index in [1.54, 1.807) is 19.1 Å². The number of ether oxygens (including phenoxy) is 1. The summed E-state index contributed by atoms with van der Waals surface area (Å²) in [4.78, 5) is 23.7. The summed E-state index contributed by atoms with van der Waals surface area (Å²) in [5.41, 5.74) is 0.635. The number of carbonyl (C=O) groups excluding carboxylic acids is 2. The second kappa shape index (κ2) is 9.14. The van der Waals surface area contributed by atoms with Crippen molar-refractivity contribution in [2.75, 3.05) is 19.6 Å². The van der Waals surface area contributed by atoms with Crippen molar-refractivity contribution in [3.8, 4) is 0 Å². The molecule has 2 rings (SSSR count). The van der Waals surface area contributed by atoms with Gasteiger partial charge in [-0.15, -0.1) is 0 Å². The van der Waals surface area contributed by atoms with E-state index >= 15 is 0 Å². The summed E-state index contributed by atoms with van der Waals surface area (Å²) in [5.74, 6) is -0.876. The first kappa shape index (κ1) is 20.4. The van der Waals surface area contributed by atoms with Crippen LogP contribution >= 0.6 is 0 Å². The number of rotatable bonds is 7. The van der Waals surface area contributed by atoms with E-state index in [1.165, 1.54) is 23.4 Å². The molecule has 1 saturated heterocycles. The Balaban J connectivity index is 1.96. The minimum atomic E-state index is -3.48. The maximum Gasteiger partial charge on any atom is 0.311 e. The van der Waals surface area contributed by atoms with Crippen molar-refractivity contribution < 1.29 is 22.7 Å². The smallest absolute Gasteiger partial charge is 0.311 e. The Morgan fingerprint density at radius 2 is 1.77 bits per heavy atom. The molecule has 1 atom stereocenters. The first-order chi connectivity index (χ1) is 12.3. The molecule has 1 N–H and O–H groups in total. The Hall–Kier alpha value is -1.93. The van der Waals surface area contributed by atoms with E-state index < -0.39 is 22.1 Å². The third-order valence-corrected chi connectivity index (χ3v) is 6.17. The molecule has 1 heterocycles. The number of amides is 1. The minimum Gasteiger partial charge on any atom is -0.452 e. The molecule has 1 fully saturated rings. The van der Waals surface area contributed by atoms with Gasteiger partial charge in [-0.1, -0.05) is 18.6 Å². The largest absolute Gasteiger partial charge is 0.452 e. The van der Waals surface area contributed by atoms with E-state index in [-0.39, 0.29) is 17.2 Å². The summed E-state index contributed by atoms with van der Waals surface area (Å²) in [6.07, 6.45) is 1.94. The summed E-state index contributed by atoms with van der Waals surface area (Å²) >= 11 is 0. The molecule has 0 saturated carbocycles. The first-order valence-electron chi connectivity index (χ1n) is 8.91. The molecule has 144 valence electrons. The van der Waals surface area contributed by atoms with Gasteiger partial charge in [0, 0.05) is 19.6 Å². The van der Waals surface area contributed by atoms with Crippen LogP contribution in [0.1, 0.15) is 38.7 Å². The molecular weight excluding hydrogens is 356 g/mol. The van der Waals surface area contributed by atoms with Crippen molar-refractivity contribution in [2.45, 2.75) is 50.5 Å². The van der Waals surface area contributed by atoms with Crippen molar-refractivity contribution in [3.63, 3.8) is 0 Å². The highest BCUT2D eigenvalue weighted by Crippen LogP contribution is 2.21. The van der Waals surface area contributed by atoms with Gasteiger partial charge in [0.15, 0.2) is 6.10 Å². The summed E-state index contributed by atoms with van der Waals surface area (Å²) in [6.45, 7) is 4.86. The molecule has 26 heavy (non-hydrogen) atoms. The zero-order chi connectivity index (χ0) is 19.2. The van der Waals surface area contributed by atoms with Crippen molar-refractivity contribution in [1.29, 1.82) is 0 Å². The fourth-order valence-electron chi connectivity index (χ4n) is 2.81. The lowest BCUT2D eigenvalue weighted by Gasteiger charge is -2.25. The number of carbonyl (C=O) groups is 2. The molecule has 0 bridgehead atoms. The molecule has 1 aromatic carbocycles. The van der Waals surface area contributed by atoms with Gasteiger partial charge in [-0.3, -0.25) is 9.59 Å². The van der Waals surface area contributed by atoms with E-state index in [4.69, 9.17) is 4.74 Å². The molecule has 0 aliphatic carbocycles. The average Bonchev–Trinajstić information content (AvgIpc) is 2.63. The molecule has 7 nitrogen and oxygen atoms in total. The Bertz CT molecular complexity index is 724. The van der Waals surface area contributed by atoms with E-state index in [0.717, 1.165) is 19.3 Å². The van der Waals surface area contributed by atoms with Crippen molar-refractivity contribution >= 4 is 21.9 Å². The lowest BCUT2D eigenvalue weighted by molar-refractivity contribution is -0.154. The number of sulfonamides is 1. The van der Waals surface area contributed by atoms with Crippen molar-refractivity contribution in [1.82, 2.24) is 9.62 Å². The Morgan fingerprint density at radius 1 is 1.15 bits per heavy atom. The predicted octanol–water partition coefficient (Wildman–Crippen LogP) is 1.47. The normalized spacial score (nSPS) is 16.7. The summed E-state index contributed by atoms with van der Waals surface area (Å²) in [6, 6.07) is 6.24. The maximum atomic E-state index is 12.6. The van der Waals surface area contributed by atoms with Gasteiger partial charge in [-0.25, -0.2) is 8.42 Å². The fraction of sp³-hybridized carbons (Fsp3) is 0.556. The van der Waals surface area contributed by atoms with Crippen LogP contribution in [0.3, 0.4) is 0 Å². The van der Waals surface area contributed by atoms with Crippen LogP contribution in [-0.4, -0.2) is 50.3 Å². The molecule has 0 radical (unpaired) electrons. The molecule has 0 spiro atoms. The zero-order valence-electron chi connectivity index (χ0n) is 15.2. The van der Waals surface area contributed by atoms with Crippen LogP contribution in [-0.2, 0) is 30.8 Å². The van der Waals surface area contributed by atoms with E-state index in [9.17, 15) is 18.0 Å². The summed E-state index contributed by atoms with van der Waals surface area (Å²) < 4.78 is 31.8. The highest BCUT2D eigenvalue weighted by Gasteiger charge is 2.25. The Morgan fingerprint density at radius 3 is 2.35 bits per heavy atom. The molecule has 1 aliphatic heterocycles. The fourth-order valence-corrected chi connectivity index (χ4v) is 4.33. The van der Waals surface area contributed by atoms with Crippen LogP contribution in [0.2, 0.25) is 0 Å². The Labute approximate surface area is 154 Å². The van der Waals surface area contributed by atoms with Crippen LogP contribution in [0.25, 0.3) is 0 Å². The number of esters is 1. The predicted molar refractivity (Wildman–Crippen MR) is 97.0 cm³/mol. The lowest BCUT2D eigenvalue weighted by Crippen LogP contribution is -2.36. The second-order valence-corrected chi connectivity index (χ2v) is 8.25. The highest BCUT2D eigenvalue weighted by atomic mass is 32.2. The van der Waals surface area contributed by atoms with Gasteiger partial charge >= 0.3 is 5.97 Å². The molecular formula is C18H26N2O5S. The van der Waals surface area contributed by atoms with E-state index in [2.05, 4.69) is 5.32 Å². The first-order valence-corrected chi connectivity index (χ1v) is 10.3. The maximum absolute atomic E-state index is 12.6. The molecule has 0 aromatic heterocycles. The number of hydrogen-bond donors (Lipinski definition) is 1. The second-order valence-electron chi connectivity index (χ2n) is 6.31. The summed E-state index contributed by atoms with van der Waals surface area (Å²) in [7, 11) is -3.48. The molecule has 8 heteroatoms. The van der Waals surface area contributed by atoms with Crippen LogP contribution in [0, 0.1) is 0 Å². The molecule has 0 unspecified atom stereocenters. The quantitative estimate of drug-likeness (QED) is 0.721. The third-order valence-electron chi connectivity index (χ3n) is 4.25. The van der Waals surface area contributed by atoms with Crippen molar-refractivity contribution in [2.24, 2.45) is 0 Å². The average molecular weight is 382 g/mol. The van der Waals surface area contributed by atoms with Crippen LogP contribution in [0.4, 0.5) is 0 Å². The molecule has 1 amide bonds. The number of hydrogen-bond acceptors (Lipinski definition) is 5. The number of benzene rings is 1. The van der Waals surface area contributed by atoms with Gasteiger partial charge in [0.1, 0.15) is 0 Å². The SMILES string of the molecule is CCNC(=O)[C@@H](C)OC(=O)Cc1ccc(S(=O)(=O)N2CCCCC2)cc1. The highest BCUT2D eigenvalue weighted by molar-refractivity contribution is 7.89. The molecule has 1 aliphatic rings. The van der Waals surface area contributed by atoms with Gasteiger partial charge in [-0.05, 0) is 44.4 Å². The van der Waals surface area contributed by atoms with Gasteiger partial charge < -0.3 is 10.1 Å². The number of likely N-dealkylation sites (N-methyl/N-ethyl adjacent to an activating group) is 1. The van der Waals surface area contributed by atoms with Crippen molar-refractivity contribution in [3.05, 3.63) is 29.8 Å². The van der Waals surface area contributed by atoms with Crippen LogP contribution < -0.4 is 5.32 Å². The summed E-state index contributed by atoms with van der Waals surface area (Å²) in [5, 5.41) is 2.58. The third kappa shape index (κ3) is 5.28. The topological polar surface area (TPSA) is 92.8 Å². The number of nitrogens with zero attached hydrogens (tertiary/aromatic N) is 1. The van der Waals surface area contributed by atoms with E-state index in [0.29, 0.717) is 25.2 Å². The zero-order valence-corrected chi connectivity index (χ0v) is 16.0. The van der Waals surface area contributed by atoms with Gasteiger partial charge in [0.2, 0.25) is 10.0 Å². The van der Waals surface area contributed by atoms with E-state index in [1.807, 2.05) is 0 Å². The van der Waals surface area contributed by atoms with Crippen LogP contribution in [0.15, 0.2) is 29.2 Å². The van der Waals surface area contributed by atoms with Crippen LogP contribution in [0.5, 0.6) is 0 Å². The standard InChI is InChI=1S/C18H26N2O5S/c1-3-19-18(22)14(2)25-17(21)13-15-7-9-16(10-8-15)26(23,24)20-11-5-4-6-12-20/h7-10,14H,3-6,11-13H2,1-2H3,(H,19,22)/t14-/m1/s1. The van der Waals surface area contributed by atoms with Gasteiger partial charge in [0.25, 0.3) is 5.91 Å². The monoisotopic (exact) mass is 382 g/mol. The van der Waals surface area contributed by atoms with Gasteiger partial charge in [-0.2, -0.15) is 4.31 Å². The number of nitrogens with one attached hydrogen (secondary N) is 1. The molecule has 1 aromatic rings. The van der Waals surface area contributed by atoms with Gasteiger partial charge in [0.05, 0.1) is 11.3 Å². The Kier molecular flexibility index (Phi) is 7.16.